The van der Waals surface area contributed by atoms with Gasteiger partial charge in [0.2, 0.25) is 0 Å². The SMILES string of the molecule is CSCCC(C)(N=Cc1ccccc1)C(=O)O. The van der Waals surface area contributed by atoms with Crippen LogP contribution in [0.25, 0.3) is 0 Å². The van der Waals surface area contributed by atoms with E-state index < -0.39 is 11.5 Å². The fourth-order valence-electron chi connectivity index (χ4n) is 1.28. The number of hydrogen-bond acceptors (Lipinski definition) is 3. The zero-order valence-electron chi connectivity index (χ0n) is 10.1. The number of benzene rings is 1. The molecule has 0 fully saturated rings. The molecule has 0 aliphatic rings. The number of aliphatic imine (C=N–C) groups is 1. The molecule has 0 saturated heterocycles. The lowest BCUT2D eigenvalue weighted by Crippen LogP contribution is -2.33. The first-order valence-corrected chi connectivity index (χ1v) is 6.80. The molecule has 1 atom stereocenters. The van der Waals surface area contributed by atoms with Crippen LogP contribution in [0.5, 0.6) is 0 Å². The number of carbonyl (C=O) groups is 1. The molecule has 3 nitrogen and oxygen atoms in total. The summed E-state index contributed by atoms with van der Waals surface area (Å²) >= 11 is 1.63. The van der Waals surface area contributed by atoms with Crippen LogP contribution in [-0.4, -0.2) is 34.8 Å². The molecule has 17 heavy (non-hydrogen) atoms. The second-order valence-electron chi connectivity index (χ2n) is 3.99. The Morgan fingerprint density at radius 1 is 1.47 bits per heavy atom. The molecule has 1 aromatic carbocycles. The summed E-state index contributed by atoms with van der Waals surface area (Å²) in [5.41, 5.74) is -0.108. The fraction of sp³-hybridized carbons (Fsp3) is 0.385. The third-order valence-electron chi connectivity index (χ3n) is 2.55. The van der Waals surface area contributed by atoms with Crippen LogP contribution in [0.4, 0.5) is 0 Å². The molecule has 0 spiro atoms. The highest BCUT2D eigenvalue weighted by atomic mass is 32.2. The molecule has 4 heteroatoms. The monoisotopic (exact) mass is 251 g/mol. The molecular formula is C13H17NO2S. The highest BCUT2D eigenvalue weighted by molar-refractivity contribution is 7.98. The highest BCUT2D eigenvalue weighted by Crippen LogP contribution is 2.18. The molecule has 92 valence electrons. The third-order valence-corrected chi connectivity index (χ3v) is 3.16. The number of carboxylic acids is 1. The summed E-state index contributed by atoms with van der Waals surface area (Å²) in [5.74, 6) is -0.0895. The summed E-state index contributed by atoms with van der Waals surface area (Å²) in [4.78, 5) is 15.5. The second kappa shape index (κ2) is 6.45. The van der Waals surface area contributed by atoms with Gasteiger partial charge in [0.25, 0.3) is 0 Å². The van der Waals surface area contributed by atoms with Crippen molar-refractivity contribution in [1.29, 1.82) is 0 Å². The molecule has 0 aliphatic heterocycles. The van der Waals surface area contributed by atoms with Gasteiger partial charge in [-0.05, 0) is 30.9 Å². The van der Waals surface area contributed by atoms with Crippen molar-refractivity contribution in [3.8, 4) is 0 Å². The van der Waals surface area contributed by atoms with E-state index in [1.807, 2.05) is 36.6 Å². The zero-order chi connectivity index (χ0) is 12.7. The summed E-state index contributed by atoms with van der Waals surface area (Å²) in [6, 6.07) is 9.53. The van der Waals surface area contributed by atoms with Crippen LogP contribution in [0.1, 0.15) is 18.9 Å². The summed E-state index contributed by atoms with van der Waals surface area (Å²) in [7, 11) is 0. The van der Waals surface area contributed by atoms with Crippen molar-refractivity contribution in [3.05, 3.63) is 35.9 Å². The second-order valence-corrected chi connectivity index (χ2v) is 4.98. The van der Waals surface area contributed by atoms with E-state index in [1.54, 1.807) is 24.9 Å². The largest absolute Gasteiger partial charge is 0.479 e. The Morgan fingerprint density at radius 3 is 2.65 bits per heavy atom. The van der Waals surface area contributed by atoms with Gasteiger partial charge in [0.1, 0.15) is 0 Å². The lowest BCUT2D eigenvalue weighted by molar-refractivity contribution is -0.142. The van der Waals surface area contributed by atoms with E-state index in [0.29, 0.717) is 6.42 Å². The lowest BCUT2D eigenvalue weighted by atomic mass is 10.0. The van der Waals surface area contributed by atoms with E-state index in [9.17, 15) is 9.90 Å². The number of rotatable bonds is 6. The standard InChI is InChI=1S/C13H17NO2S/c1-13(12(15)16,8-9-17-2)14-10-11-6-4-3-5-7-11/h3-7,10H,8-9H2,1-2H3,(H,15,16). The van der Waals surface area contributed by atoms with Gasteiger partial charge in [-0.15, -0.1) is 0 Å². The molecule has 1 N–H and O–H groups in total. The first-order valence-electron chi connectivity index (χ1n) is 5.41. The summed E-state index contributed by atoms with van der Waals surface area (Å²) in [6.07, 6.45) is 4.13. The predicted octanol–water partition coefficient (Wildman–Crippen LogP) is 2.70. The minimum absolute atomic E-state index is 0.535. The Labute approximate surface area is 106 Å². The van der Waals surface area contributed by atoms with Gasteiger partial charge in [-0.3, -0.25) is 4.99 Å². The Kier molecular flexibility index (Phi) is 5.22. The smallest absolute Gasteiger partial charge is 0.331 e. The number of hydrogen-bond donors (Lipinski definition) is 1. The molecule has 1 unspecified atom stereocenters. The van der Waals surface area contributed by atoms with Crippen LogP contribution in [0.2, 0.25) is 0 Å². The zero-order valence-corrected chi connectivity index (χ0v) is 10.9. The first kappa shape index (κ1) is 13.8. The molecule has 1 rings (SSSR count). The first-order chi connectivity index (χ1) is 8.08. The average molecular weight is 251 g/mol. The van der Waals surface area contributed by atoms with E-state index in [0.717, 1.165) is 11.3 Å². The topological polar surface area (TPSA) is 49.7 Å². The summed E-state index contributed by atoms with van der Waals surface area (Å²) in [6.45, 7) is 1.66. The predicted molar refractivity (Wildman–Crippen MR) is 73.1 cm³/mol. The Morgan fingerprint density at radius 2 is 2.12 bits per heavy atom. The minimum Gasteiger partial charge on any atom is -0.479 e. The van der Waals surface area contributed by atoms with Crippen LogP contribution in [0.3, 0.4) is 0 Å². The van der Waals surface area contributed by atoms with Crippen LogP contribution in [-0.2, 0) is 4.79 Å². The number of carboxylic acid groups (broad SMARTS) is 1. The normalized spacial score (nSPS) is 14.7. The van der Waals surface area contributed by atoms with Gasteiger partial charge in [0, 0.05) is 6.21 Å². The van der Waals surface area contributed by atoms with Crippen molar-refractivity contribution in [2.75, 3.05) is 12.0 Å². The summed E-state index contributed by atoms with van der Waals surface area (Å²) in [5, 5.41) is 9.21. The van der Waals surface area contributed by atoms with Crippen LogP contribution in [0, 0.1) is 0 Å². The molecule has 0 radical (unpaired) electrons. The maximum absolute atomic E-state index is 11.2. The summed E-state index contributed by atoms with van der Waals surface area (Å²) < 4.78 is 0. The Bertz CT molecular complexity index is 392. The van der Waals surface area contributed by atoms with E-state index in [1.165, 1.54) is 0 Å². The fourth-order valence-corrected chi connectivity index (χ4v) is 1.89. The molecule has 0 amide bonds. The molecule has 0 aliphatic carbocycles. The quantitative estimate of drug-likeness (QED) is 0.791. The van der Waals surface area contributed by atoms with Gasteiger partial charge in [-0.25, -0.2) is 4.79 Å². The average Bonchev–Trinajstić information content (AvgIpc) is 2.35. The molecule has 0 bridgehead atoms. The highest BCUT2D eigenvalue weighted by Gasteiger charge is 2.31. The number of nitrogens with zero attached hydrogens (tertiary/aromatic N) is 1. The maximum Gasteiger partial charge on any atom is 0.331 e. The molecule has 0 aromatic heterocycles. The van der Waals surface area contributed by atoms with Crippen LogP contribution in [0.15, 0.2) is 35.3 Å². The molecule has 0 saturated carbocycles. The van der Waals surface area contributed by atoms with Crippen molar-refractivity contribution in [3.63, 3.8) is 0 Å². The van der Waals surface area contributed by atoms with E-state index in [2.05, 4.69) is 4.99 Å². The van der Waals surface area contributed by atoms with Crippen LogP contribution >= 0.6 is 11.8 Å². The lowest BCUT2D eigenvalue weighted by Gasteiger charge is -2.19. The van der Waals surface area contributed by atoms with Crippen molar-refractivity contribution in [2.45, 2.75) is 18.9 Å². The Balaban J connectivity index is 2.80. The van der Waals surface area contributed by atoms with Gasteiger partial charge in [0.05, 0.1) is 0 Å². The van der Waals surface area contributed by atoms with Crippen molar-refractivity contribution in [2.24, 2.45) is 4.99 Å². The van der Waals surface area contributed by atoms with Gasteiger partial charge in [0.15, 0.2) is 5.54 Å². The van der Waals surface area contributed by atoms with Gasteiger partial charge in [-0.2, -0.15) is 11.8 Å². The van der Waals surface area contributed by atoms with E-state index >= 15 is 0 Å². The third kappa shape index (κ3) is 4.23. The van der Waals surface area contributed by atoms with Crippen molar-refractivity contribution < 1.29 is 9.90 Å². The number of aliphatic carboxylic acids is 1. The molecular weight excluding hydrogens is 234 g/mol. The van der Waals surface area contributed by atoms with E-state index in [-0.39, 0.29) is 0 Å². The van der Waals surface area contributed by atoms with Gasteiger partial charge >= 0.3 is 5.97 Å². The maximum atomic E-state index is 11.2. The van der Waals surface area contributed by atoms with Crippen molar-refractivity contribution in [1.82, 2.24) is 0 Å². The van der Waals surface area contributed by atoms with Gasteiger partial charge in [-0.1, -0.05) is 30.3 Å². The molecule has 1 aromatic rings. The van der Waals surface area contributed by atoms with E-state index in [4.69, 9.17) is 0 Å². The van der Waals surface area contributed by atoms with Gasteiger partial charge < -0.3 is 5.11 Å². The minimum atomic E-state index is -1.03. The Hall–Kier alpha value is -1.29. The van der Waals surface area contributed by atoms with Crippen molar-refractivity contribution >= 4 is 23.9 Å². The molecule has 0 heterocycles. The number of thioether (sulfide) groups is 1. The van der Waals surface area contributed by atoms with Crippen LogP contribution < -0.4 is 0 Å².